The summed E-state index contributed by atoms with van der Waals surface area (Å²) >= 11 is 3.28. The average Bonchev–Trinajstić information content (AvgIpc) is 2.87. The minimum atomic E-state index is -4.85. The van der Waals surface area contributed by atoms with E-state index in [4.69, 9.17) is 0 Å². The molecule has 1 atom stereocenters. The summed E-state index contributed by atoms with van der Waals surface area (Å²) in [5.74, 6) is -1.76. The summed E-state index contributed by atoms with van der Waals surface area (Å²) in [4.78, 5) is 38.2. The molecule has 0 aliphatic carbocycles. The zero-order valence-electron chi connectivity index (χ0n) is 15.4. The predicted octanol–water partition coefficient (Wildman–Crippen LogP) is 3.75. The number of hydrogen-bond donors (Lipinski definition) is 2. The molecular weight excluding hydrogens is 471 g/mol. The van der Waals surface area contributed by atoms with Crippen molar-refractivity contribution in [2.24, 2.45) is 0 Å². The quantitative estimate of drug-likeness (QED) is 0.631. The zero-order chi connectivity index (χ0) is 22.1. The maximum atomic E-state index is 12.8. The Morgan fingerprint density at radius 1 is 1.17 bits per heavy atom. The predicted molar refractivity (Wildman–Crippen MR) is 103 cm³/mol. The van der Waals surface area contributed by atoms with Crippen molar-refractivity contribution in [3.63, 3.8) is 0 Å². The van der Waals surface area contributed by atoms with E-state index >= 15 is 0 Å². The molecule has 11 heteroatoms. The second kappa shape index (κ2) is 7.98. The van der Waals surface area contributed by atoms with Gasteiger partial charge in [0.1, 0.15) is 17.8 Å². The summed E-state index contributed by atoms with van der Waals surface area (Å²) in [6.45, 7) is 0.870. The van der Waals surface area contributed by atoms with E-state index in [1.807, 2.05) is 0 Å². The summed E-state index contributed by atoms with van der Waals surface area (Å²) in [6.07, 6.45) is -4.85. The van der Waals surface area contributed by atoms with Crippen molar-refractivity contribution < 1.29 is 32.3 Å². The van der Waals surface area contributed by atoms with Gasteiger partial charge in [0, 0.05) is 4.47 Å². The van der Waals surface area contributed by atoms with Gasteiger partial charge in [0.05, 0.1) is 5.69 Å². The Labute approximate surface area is 177 Å². The van der Waals surface area contributed by atoms with Crippen molar-refractivity contribution in [1.82, 2.24) is 10.2 Å². The van der Waals surface area contributed by atoms with Gasteiger partial charge >= 0.3 is 12.4 Å². The maximum absolute atomic E-state index is 12.8. The number of halogens is 4. The lowest BCUT2D eigenvalue weighted by atomic mass is 9.92. The molecule has 2 aromatic rings. The van der Waals surface area contributed by atoms with Crippen molar-refractivity contribution in [1.29, 1.82) is 0 Å². The summed E-state index contributed by atoms with van der Waals surface area (Å²) < 4.78 is 41.3. The molecule has 158 valence electrons. The van der Waals surface area contributed by atoms with Crippen molar-refractivity contribution in [2.45, 2.75) is 18.8 Å². The summed E-state index contributed by atoms with van der Waals surface area (Å²) in [5, 5.41) is 5.07. The van der Waals surface area contributed by atoms with Crippen molar-refractivity contribution in [2.75, 3.05) is 11.9 Å². The minimum Gasteiger partial charge on any atom is -0.406 e. The highest BCUT2D eigenvalue weighted by molar-refractivity contribution is 9.10. The minimum absolute atomic E-state index is 0.240. The molecule has 7 nitrogen and oxygen atoms in total. The lowest BCUT2D eigenvalue weighted by Gasteiger charge is -2.22. The molecule has 1 heterocycles. The molecule has 1 aliphatic heterocycles. The van der Waals surface area contributed by atoms with Crippen LogP contribution in [-0.4, -0.2) is 35.7 Å². The van der Waals surface area contributed by atoms with E-state index in [-0.39, 0.29) is 5.56 Å². The smallest absolute Gasteiger partial charge is 0.406 e. The average molecular weight is 486 g/mol. The highest BCUT2D eigenvalue weighted by atomic mass is 79.9. The molecule has 30 heavy (non-hydrogen) atoms. The number of nitrogens with zero attached hydrogens (tertiary/aromatic N) is 1. The van der Waals surface area contributed by atoms with Gasteiger partial charge in [-0.25, -0.2) is 4.79 Å². The highest BCUT2D eigenvalue weighted by Gasteiger charge is 2.49. The second-order valence-corrected chi connectivity index (χ2v) is 7.40. The number of urea groups is 1. The molecule has 1 saturated heterocycles. The number of imide groups is 1. The van der Waals surface area contributed by atoms with Gasteiger partial charge in [-0.15, -0.1) is 13.2 Å². The number of para-hydroxylation sites is 1. The molecule has 0 saturated carbocycles. The van der Waals surface area contributed by atoms with Crippen LogP contribution in [0.3, 0.4) is 0 Å². The van der Waals surface area contributed by atoms with Crippen LogP contribution in [-0.2, 0) is 15.1 Å². The van der Waals surface area contributed by atoms with Crippen LogP contribution in [0.1, 0.15) is 12.5 Å². The number of amides is 4. The fraction of sp³-hybridized carbons (Fsp3) is 0.211. The van der Waals surface area contributed by atoms with E-state index in [0.29, 0.717) is 10.2 Å². The third-order valence-electron chi connectivity index (χ3n) is 4.39. The monoisotopic (exact) mass is 485 g/mol. The lowest BCUT2D eigenvalue weighted by Crippen LogP contribution is -2.42. The molecule has 1 aliphatic rings. The van der Waals surface area contributed by atoms with E-state index in [1.165, 1.54) is 19.1 Å². The van der Waals surface area contributed by atoms with Crippen LogP contribution in [0.25, 0.3) is 0 Å². The third kappa shape index (κ3) is 4.56. The number of carbonyl (C=O) groups excluding carboxylic acids is 3. The molecule has 3 rings (SSSR count). The summed E-state index contributed by atoms with van der Waals surface area (Å²) in [6, 6.07) is 10.6. The zero-order valence-corrected chi connectivity index (χ0v) is 17.0. The maximum Gasteiger partial charge on any atom is 0.573 e. The van der Waals surface area contributed by atoms with Gasteiger partial charge in [0.25, 0.3) is 5.91 Å². The van der Waals surface area contributed by atoms with Crippen LogP contribution in [0.15, 0.2) is 53.0 Å². The van der Waals surface area contributed by atoms with Crippen LogP contribution >= 0.6 is 15.9 Å². The number of nitrogens with one attached hydrogen (secondary N) is 2. The van der Waals surface area contributed by atoms with Crippen LogP contribution in [0, 0.1) is 0 Å². The van der Waals surface area contributed by atoms with E-state index in [1.54, 1.807) is 24.3 Å². The molecule has 1 fully saturated rings. The molecular formula is C19H15BrF3N3O4. The van der Waals surface area contributed by atoms with Gasteiger partial charge in [0.15, 0.2) is 0 Å². The van der Waals surface area contributed by atoms with Gasteiger partial charge in [-0.3, -0.25) is 14.5 Å². The molecule has 0 spiro atoms. The topological polar surface area (TPSA) is 87.7 Å². The van der Waals surface area contributed by atoms with E-state index in [2.05, 4.69) is 31.3 Å². The van der Waals surface area contributed by atoms with Gasteiger partial charge in [-0.05, 0) is 52.7 Å². The number of ether oxygens (including phenoxy) is 1. The third-order valence-corrected chi connectivity index (χ3v) is 5.08. The Balaban J connectivity index is 1.73. The standard InChI is InChI=1S/C19H15BrF3N3O4/c1-18(11-6-8-12(9-7-11)30-19(21,22)23)16(28)26(17(29)25-18)10-15(27)24-14-5-3-2-4-13(14)20/h2-9H,10H2,1H3,(H,24,27)(H,25,29). The largest absolute Gasteiger partial charge is 0.573 e. The van der Waals surface area contributed by atoms with Gasteiger partial charge in [-0.1, -0.05) is 24.3 Å². The first kappa shape index (κ1) is 21.6. The molecule has 0 aromatic heterocycles. The van der Waals surface area contributed by atoms with Crippen molar-refractivity contribution in [3.05, 3.63) is 58.6 Å². The Morgan fingerprint density at radius 2 is 1.80 bits per heavy atom. The number of alkyl halides is 3. The number of rotatable bonds is 5. The van der Waals surface area contributed by atoms with E-state index in [9.17, 15) is 27.6 Å². The lowest BCUT2D eigenvalue weighted by molar-refractivity contribution is -0.274. The number of hydrogen-bond acceptors (Lipinski definition) is 4. The number of anilines is 1. The Bertz CT molecular complexity index is 997. The highest BCUT2D eigenvalue weighted by Crippen LogP contribution is 2.31. The van der Waals surface area contributed by atoms with Crippen LogP contribution in [0.4, 0.5) is 23.7 Å². The van der Waals surface area contributed by atoms with E-state index in [0.717, 1.165) is 17.0 Å². The first-order chi connectivity index (χ1) is 14.0. The second-order valence-electron chi connectivity index (χ2n) is 6.55. The SMILES string of the molecule is CC1(c2ccc(OC(F)(F)F)cc2)NC(=O)N(CC(=O)Nc2ccccc2Br)C1=O. The number of benzene rings is 2. The fourth-order valence-electron chi connectivity index (χ4n) is 2.92. The fourth-order valence-corrected chi connectivity index (χ4v) is 3.31. The molecule has 0 bridgehead atoms. The first-order valence-electron chi connectivity index (χ1n) is 8.54. The Hall–Kier alpha value is -3.08. The number of carbonyl (C=O) groups is 3. The molecule has 4 amide bonds. The molecule has 1 unspecified atom stereocenters. The normalized spacial score (nSPS) is 18.9. The van der Waals surface area contributed by atoms with Gasteiger partial charge in [-0.2, -0.15) is 0 Å². The van der Waals surface area contributed by atoms with Crippen molar-refractivity contribution in [3.8, 4) is 5.75 Å². The molecule has 0 radical (unpaired) electrons. The first-order valence-corrected chi connectivity index (χ1v) is 9.34. The summed E-state index contributed by atoms with van der Waals surface area (Å²) in [5.41, 5.74) is -0.830. The molecule has 2 N–H and O–H groups in total. The molecule has 2 aromatic carbocycles. The van der Waals surface area contributed by atoms with Crippen LogP contribution in [0.2, 0.25) is 0 Å². The Morgan fingerprint density at radius 3 is 2.40 bits per heavy atom. The van der Waals surface area contributed by atoms with E-state index < -0.39 is 42.0 Å². The van der Waals surface area contributed by atoms with Crippen molar-refractivity contribution >= 4 is 39.5 Å². The van der Waals surface area contributed by atoms with Gasteiger partial charge in [0.2, 0.25) is 5.91 Å². The van der Waals surface area contributed by atoms with Crippen LogP contribution < -0.4 is 15.4 Å². The Kier molecular flexibility index (Phi) is 5.75. The summed E-state index contributed by atoms with van der Waals surface area (Å²) in [7, 11) is 0. The van der Waals surface area contributed by atoms with Crippen LogP contribution in [0.5, 0.6) is 5.75 Å². The van der Waals surface area contributed by atoms with Gasteiger partial charge < -0.3 is 15.4 Å².